The van der Waals surface area contributed by atoms with Crippen LogP contribution >= 0.6 is 11.6 Å². The molecule has 3 rings (SSSR count). The smallest absolute Gasteiger partial charge is 0.335 e. The minimum absolute atomic E-state index is 0.0851. The molecule has 0 fully saturated rings. The molecule has 8 heteroatoms. The number of halogens is 1. The van der Waals surface area contributed by atoms with Crippen molar-refractivity contribution in [2.75, 3.05) is 11.9 Å². The summed E-state index contributed by atoms with van der Waals surface area (Å²) in [6.07, 6.45) is 1.39. The van der Waals surface area contributed by atoms with Crippen LogP contribution < -0.4 is 14.8 Å². The zero-order valence-corrected chi connectivity index (χ0v) is 19.9. The summed E-state index contributed by atoms with van der Waals surface area (Å²) < 4.78 is 11.7. The molecule has 0 aliphatic rings. The van der Waals surface area contributed by atoms with Crippen LogP contribution in [-0.4, -0.2) is 23.6 Å². The van der Waals surface area contributed by atoms with Gasteiger partial charge >= 0.3 is 5.97 Å². The lowest BCUT2D eigenvalue weighted by Crippen LogP contribution is -2.13. The molecule has 0 atom stereocenters. The minimum Gasteiger partial charge on any atom is -0.490 e. The first-order chi connectivity index (χ1) is 16.8. The maximum Gasteiger partial charge on any atom is 0.335 e. The molecule has 0 spiro atoms. The first kappa shape index (κ1) is 25.3. The molecule has 7 nitrogen and oxygen atoms in total. The molecule has 0 saturated carbocycles. The number of aryl methyl sites for hydroxylation is 1. The molecule has 1 amide bonds. The summed E-state index contributed by atoms with van der Waals surface area (Å²) in [6, 6.07) is 18.6. The molecule has 0 heterocycles. The second-order valence-electron chi connectivity index (χ2n) is 7.48. The van der Waals surface area contributed by atoms with Crippen molar-refractivity contribution in [3.8, 4) is 17.6 Å². The number of nitrogens with zero attached hydrogens (tertiary/aromatic N) is 1. The number of anilines is 1. The number of carboxylic acids is 1. The number of benzene rings is 3. The number of hydrogen-bond donors (Lipinski definition) is 2. The Balaban J connectivity index is 1.83. The Labute approximate surface area is 208 Å². The van der Waals surface area contributed by atoms with Crippen molar-refractivity contribution in [1.82, 2.24) is 0 Å². The van der Waals surface area contributed by atoms with E-state index in [0.29, 0.717) is 36.0 Å². The van der Waals surface area contributed by atoms with Gasteiger partial charge in [-0.1, -0.05) is 35.9 Å². The van der Waals surface area contributed by atoms with Crippen LogP contribution in [0.15, 0.2) is 66.2 Å². The van der Waals surface area contributed by atoms with E-state index in [2.05, 4.69) is 5.32 Å². The molecular formula is C27H23ClN2O5. The van der Waals surface area contributed by atoms with E-state index in [1.165, 1.54) is 30.3 Å². The fourth-order valence-electron chi connectivity index (χ4n) is 3.21. The van der Waals surface area contributed by atoms with Gasteiger partial charge < -0.3 is 19.9 Å². The average molecular weight is 491 g/mol. The van der Waals surface area contributed by atoms with E-state index in [1.54, 1.807) is 12.1 Å². The van der Waals surface area contributed by atoms with Crippen LogP contribution in [0, 0.1) is 18.3 Å². The van der Waals surface area contributed by atoms with Crippen molar-refractivity contribution in [1.29, 1.82) is 5.26 Å². The zero-order chi connectivity index (χ0) is 25.4. The second kappa shape index (κ2) is 11.7. The first-order valence-corrected chi connectivity index (χ1v) is 11.1. The number of nitrogens with one attached hydrogen (secondary N) is 1. The van der Waals surface area contributed by atoms with Crippen LogP contribution in [0.5, 0.6) is 11.5 Å². The molecule has 2 N–H and O–H groups in total. The highest BCUT2D eigenvalue weighted by Gasteiger charge is 2.15. The summed E-state index contributed by atoms with van der Waals surface area (Å²) >= 11 is 6.49. The second-order valence-corrected chi connectivity index (χ2v) is 7.89. The van der Waals surface area contributed by atoms with Crippen molar-refractivity contribution in [3.05, 3.63) is 93.5 Å². The van der Waals surface area contributed by atoms with Crippen molar-refractivity contribution < 1.29 is 24.2 Å². The number of carbonyl (C=O) groups excluding carboxylic acids is 1. The van der Waals surface area contributed by atoms with Crippen LogP contribution in [0.25, 0.3) is 6.08 Å². The predicted molar refractivity (Wildman–Crippen MR) is 134 cm³/mol. The molecule has 35 heavy (non-hydrogen) atoms. The number of amides is 1. The lowest BCUT2D eigenvalue weighted by atomic mass is 10.1. The number of ether oxygens (including phenoxy) is 2. The highest BCUT2D eigenvalue weighted by atomic mass is 35.5. The van der Waals surface area contributed by atoms with Crippen molar-refractivity contribution in [2.24, 2.45) is 0 Å². The average Bonchev–Trinajstić information content (AvgIpc) is 2.83. The largest absolute Gasteiger partial charge is 0.490 e. The highest BCUT2D eigenvalue weighted by Crippen LogP contribution is 2.38. The summed E-state index contributed by atoms with van der Waals surface area (Å²) in [6.45, 7) is 4.48. The number of carbonyl (C=O) groups is 2. The monoisotopic (exact) mass is 490 g/mol. The molecule has 0 aromatic heterocycles. The number of aromatic carboxylic acids is 1. The van der Waals surface area contributed by atoms with Crippen LogP contribution in [0.1, 0.15) is 34.0 Å². The Morgan fingerprint density at radius 2 is 1.83 bits per heavy atom. The summed E-state index contributed by atoms with van der Waals surface area (Å²) in [5.41, 5.74) is 2.85. The Kier molecular flexibility index (Phi) is 8.49. The number of hydrogen-bond acceptors (Lipinski definition) is 5. The van der Waals surface area contributed by atoms with Crippen molar-refractivity contribution in [3.63, 3.8) is 0 Å². The zero-order valence-electron chi connectivity index (χ0n) is 19.2. The Morgan fingerprint density at radius 3 is 2.46 bits per heavy atom. The van der Waals surface area contributed by atoms with E-state index < -0.39 is 11.9 Å². The van der Waals surface area contributed by atoms with Gasteiger partial charge in [-0.05, 0) is 73.0 Å². The van der Waals surface area contributed by atoms with Gasteiger partial charge in [-0.15, -0.1) is 0 Å². The topological polar surface area (TPSA) is 109 Å². The van der Waals surface area contributed by atoms with E-state index in [1.807, 2.05) is 44.2 Å². The van der Waals surface area contributed by atoms with Gasteiger partial charge in [0.25, 0.3) is 5.91 Å². The van der Waals surface area contributed by atoms with Gasteiger partial charge in [0, 0.05) is 5.69 Å². The number of nitriles is 1. The third-order valence-corrected chi connectivity index (χ3v) is 5.31. The molecule has 0 bridgehead atoms. The summed E-state index contributed by atoms with van der Waals surface area (Å²) in [7, 11) is 0. The fraction of sp³-hybridized carbons (Fsp3) is 0.148. The third kappa shape index (κ3) is 6.62. The van der Waals surface area contributed by atoms with Crippen LogP contribution in [-0.2, 0) is 11.4 Å². The van der Waals surface area contributed by atoms with Gasteiger partial charge in [0.15, 0.2) is 11.5 Å². The molecule has 178 valence electrons. The molecule has 0 aliphatic heterocycles. The van der Waals surface area contributed by atoms with Gasteiger partial charge in [0.1, 0.15) is 18.2 Å². The number of rotatable bonds is 9. The van der Waals surface area contributed by atoms with Crippen LogP contribution in [0.4, 0.5) is 5.69 Å². The van der Waals surface area contributed by atoms with Gasteiger partial charge in [-0.25, -0.2) is 4.79 Å². The third-order valence-electron chi connectivity index (χ3n) is 5.03. The normalized spacial score (nSPS) is 10.9. The van der Waals surface area contributed by atoms with Gasteiger partial charge in [0.05, 0.1) is 17.2 Å². The summed E-state index contributed by atoms with van der Waals surface area (Å²) in [5, 5.41) is 21.4. The maximum atomic E-state index is 12.6. The van der Waals surface area contributed by atoms with Crippen molar-refractivity contribution >= 4 is 35.2 Å². The van der Waals surface area contributed by atoms with Gasteiger partial charge in [0.2, 0.25) is 0 Å². The molecule has 0 radical (unpaired) electrons. The Hall–Kier alpha value is -4.28. The van der Waals surface area contributed by atoms with Gasteiger partial charge in [-0.3, -0.25) is 4.79 Å². The molecule has 3 aromatic carbocycles. The van der Waals surface area contributed by atoms with E-state index in [9.17, 15) is 14.9 Å². The minimum atomic E-state index is -1.08. The Morgan fingerprint density at radius 1 is 1.11 bits per heavy atom. The summed E-state index contributed by atoms with van der Waals surface area (Å²) in [4.78, 5) is 23.6. The lowest BCUT2D eigenvalue weighted by Gasteiger charge is -2.15. The maximum absolute atomic E-state index is 12.6. The van der Waals surface area contributed by atoms with E-state index >= 15 is 0 Å². The predicted octanol–water partition coefficient (Wildman–Crippen LogP) is 5.87. The van der Waals surface area contributed by atoms with E-state index in [4.69, 9.17) is 26.2 Å². The summed E-state index contributed by atoms with van der Waals surface area (Å²) in [5.74, 6) is -0.962. The van der Waals surface area contributed by atoms with Crippen LogP contribution in [0.2, 0.25) is 5.02 Å². The number of carboxylic acid groups (broad SMARTS) is 1. The highest BCUT2D eigenvalue weighted by molar-refractivity contribution is 6.32. The molecule has 0 aliphatic carbocycles. The van der Waals surface area contributed by atoms with Crippen LogP contribution in [0.3, 0.4) is 0 Å². The SMILES string of the molecule is CCOc1cc(/C=C(\C#N)C(=O)Nc2ccc(C(=O)O)cc2)cc(Cl)c1OCc1ccccc1C. The molecular weight excluding hydrogens is 468 g/mol. The quantitative estimate of drug-likeness (QED) is 0.287. The Bertz CT molecular complexity index is 1310. The molecule has 0 unspecified atom stereocenters. The lowest BCUT2D eigenvalue weighted by molar-refractivity contribution is -0.112. The van der Waals surface area contributed by atoms with Crippen molar-refractivity contribution in [2.45, 2.75) is 20.5 Å². The standard InChI is InChI=1S/C27H23ClN2O5/c1-3-34-24-14-18(13-23(28)25(24)35-16-20-7-5-4-6-17(20)2)12-21(15-29)26(31)30-22-10-8-19(9-11-22)27(32)33/h4-14H,3,16H2,1-2H3,(H,30,31)(H,32,33)/b21-12+. The van der Waals surface area contributed by atoms with Gasteiger partial charge in [-0.2, -0.15) is 5.26 Å². The first-order valence-electron chi connectivity index (χ1n) is 10.7. The molecule has 3 aromatic rings. The molecule has 0 saturated heterocycles. The fourth-order valence-corrected chi connectivity index (χ4v) is 3.48. The van der Waals surface area contributed by atoms with E-state index in [-0.39, 0.29) is 16.2 Å². The van der Waals surface area contributed by atoms with E-state index in [0.717, 1.165) is 11.1 Å².